The van der Waals surface area contributed by atoms with E-state index in [2.05, 4.69) is 10.3 Å². The van der Waals surface area contributed by atoms with E-state index in [0.29, 0.717) is 40.6 Å². The van der Waals surface area contributed by atoms with Crippen LogP contribution in [0.25, 0.3) is 6.08 Å². The van der Waals surface area contributed by atoms with Crippen molar-refractivity contribution in [3.63, 3.8) is 0 Å². The molecule has 1 aromatic heterocycles. The fourth-order valence-corrected chi connectivity index (χ4v) is 3.61. The maximum absolute atomic E-state index is 12.2. The number of anilines is 1. The molecule has 0 saturated carbocycles. The first kappa shape index (κ1) is 24.3. The standard InChI is InChI=1S/C24H23ClN2O5S/c1-3-31-23(29)13-19-15-33-24(26-19)27-22(28)11-7-16-6-10-20(21(12-16)30-2)32-14-17-4-8-18(25)9-5-17/h4-12,15H,3,13-14H2,1-2H3,(H,26,27,28)/b11-7+. The number of ether oxygens (including phenoxy) is 3. The Morgan fingerprint density at radius 3 is 2.67 bits per heavy atom. The zero-order valence-corrected chi connectivity index (χ0v) is 19.7. The Hall–Kier alpha value is -3.36. The van der Waals surface area contributed by atoms with Crippen LogP contribution >= 0.6 is 22.9 Å². The number of rotatable bonds is 10. The van der Waals surface area contributed by atoms with Gasteiger partial charge in [-0.1, -0.05) is 29.8 Å². The van der Waals surface area contributed by atoms with Crippen LogP contribution in [0, 0.1) is 0 Å². The van der Waals surface area contributed by atoms with Gasteiger partial charge in [-0.3, -0.25) is 14.9 Å². The third-order valence-electron chi connectivity index (χ3n) is 4.34. The first-order chi connectivity index (χ1) is 16.0. The lowest BCUT2D eigenvalue weighted by Gasteiger charge is -2.11. The molecule has 0 radical (unpaired) electrons. The predicted octanol–water partition coefficient (Wildman–Crippen LogP) is 5.14. The lowest BCUT2D eigenvalue weighted by Crippen LogP contribution is -2.09. The Morgan fingerprint density at radius 1 is 1.15 bits per heavy atom. The molecule has 0 aliphatic rings. The van der Waals surface area contributed by atoms with E-state index in [-0.39, 0.29) is 18.3 Å². The van der Waals surface area contributed by atoms with E-state index in [1.807, 2.05) is 30.3 Å². The molecule has 0 saturated heterocycles. The van der Waals surface area contributed by atoms with E-state index in [1.165, 1.54) is 17.4 Å². The number of hydrogen-bond acceptors (Lipinski definition) is 7. The molecule has 0 bridgehead atoms. The Balaban J connectivity index is 1.56. The zero-order chi connectivity index (χ0) is 23.6. The average molecular weight is 487 g/mol. The number of carbonyl (C=O) groups excluding carboxylic acids is 2. The van der Waals surface area contributed by atoms with E-state index >= 15 is 0 Å². The number of amides is 1. The molecule has 1 amide bonds. The van der Waals surface area contributed by atoms with E-state index in [4.69, 9.17) is 25.8 Å². The van der Waals surface area contributed by atoms with Crippen molar-refractivity contribution in [3.05, 3.63) is 75.8 Å². The molecule has 2 aromatic carbocycles. The molecular formula is C24H23ClN2O5S. The van der Waals surface area contributed by atoms with Gasteiger partial charge in [-0.15, -0.1) is 11.3 Å². The van der Waals surface area contributed by atoms with Gasteiger partial charge in [0.15, 0.2) is 16.6 Å². The predicted molar refractivity (Wildman–Crippen MR) is 129 cm³/mol. The van der Waals surface area contributed by atoms with Crippen LogP contribution in [0.15, 0.2) is 53.9 Å². The Kier molecular flexibility index (Phi) is 8.86. The molecule has 0 aliphatic carbocycles. The summed E-state index contributed by atoms with van der Waals surface area (Å²) in [5.74, 6) is 0.449. The lowest BCUT2D eigenvalue weighted by molar-refractivity contribution is -0.142. The summed E-state index contributed by atoms with van der Waals surface area (Å²) >= 11 is 7.15. The number of thiazole rings is 1. The van der Waals surface area contributed by atoms with Crippen LogP contribution < -0.4 is 14.8 Å². The minimum Gasteiger partial charge on any atom is -0.493 e. The highest BCUT2D eigenvalue weighted by Gasteiger charge is 2.10. The second-order valence-corrected chi connectivity index (χ2v) is 8.07. The van der Waals surface area contributed by atoms with Gasteiger partial charge in [0.2, 0.25) is 5.91 Å². The van der Waals surface area contributed by atoms with Crippen molar-refractivity contribution < 1.29 is 23.8 Å². The van der Waals surface area contributed by atoms with Crippen molar-refractivity contribution in [1.29, 1.82) is 0 Å². The topological polar surface area (TPSA) is 86.8 Å². The molecule has 1 N–H and O–H groups in total. The molecule has 7 nitrogen and oxygen atoms in total. The smallest absolute Gasteiger partial charge is 0.311 e. The first-order valence-electron chi connectivity index (χ1n) is 10.1. The summed E-state index contributed by atoms with van der Waals surface area (Å²) in [6.45, 7) is 2.43. The molecule has 0 atom stereocenters. The average Bonchev–Trinajstić information content (AvgIpc) is 3.24. The Bertz CT molecular complexity index is 1130. The molecule has 33 heavy (non-hydrogen) atoms. The molecule has 9 heteroatoms. The summed E-state index contributed by atoms with van der Waals surface area (Å²) in [5.41, 5.74) is 2.30. The van der Waals surface area contributed by atoms with Crippen molar-refractivity contribution in [3.8, 4) is 11.5 Å². The van der Waals surface area contributed by atoms with Crippen LogP contribution in [0.4, 0.5) is 5.13 Å². The van der Waals surface area contributed by atoms with Gasteiger partial charge in [0, 0.05) is 16.5 Å². The summed E-state index contributed by atoms with van der Waals surface area (Å²) in [7, 11) is 1.56. The van der Waals surface area contributed by atoms with Crippen LogP contribution in [0.2, 0.25) is 5.02 Å². The van der Waals surface area contributed by atoms with Gasteiger partial charge in [-0.25, -0.2) is 4.98 Å². The number of halogens is 1. The summed E-state index contributed by atoms with van der Waals surface area (Å²) in [4.78, 5) is 28.0. The summed E-state index contributed by atoms with van der Waals surface area (Å²) in [6, 6.07) is 12.8. The van der Waals surface area contributed by atoms with Gasteiger partial charge in [0.05, 0.1) is 25.8 Å². The van der Waals surface area contributed by atoms with Crippen molar-refractivity contribution >= 4 is 46.0 Å². The van der Waals surface area contributed by atoms with Crippen molar-refractivity contribution in [2.24, 2.45) is 0 Å². The number of aromatic nitrogens is 1. The highest BCUT2D eigenvalue weighted by Crippen LogP contribution is 2.29. The maximum Gasteiger partial charge on any atom is 0.311 e. The Labute approximate surface area is 201 Å². The third kappa shape index (κ3) is 7.62. The van der Waals surface area contributed by atoms with E-state index in [0.717, 1.165) is 11.1 Å². The molecule has 1 heterocycles. The number of methoxy groups -OCH3 is 1. The number of benzene rings is 2. The number of esters is 1. The Morgan fingerprint density at radius 2 is 1.94 bits per heavy atom. The molecule has 0 aliphatic heterocycles. The zero-order valence-electron chi connectivity index (χ0n) is 18.2. The summed E-state index contributed by atoms with van der Waals surface area (Å²) in [5, 5.41) is 5.48. The highest BCUT2D eigenvalue weighted by atomic mass is 35.5. The maximum atomic E-state index is 12.2. The number of hydrogen-bond donors (Lipinski definition) is 1. The molecule has 0 fully saturated rings. The third-order valence-corrected chi connectivity index (χ3v) is 5.39. The normalized spacial score (nSPS) is 10.8. The first-order valence-corrected chi connectivity index (χ1v) is 11.4. The molecule has 0 spiro atoms. The quantitative estimate of drug-likeness (QED) is 0.315. The minimum absolute atomic E-state index is 0.0717. The van der Waals surface area contributed by atoms with Crippen LogP contribution in [-0.2, 0) is 27.4 Å². The van der Waals surface area contributed by atoms with Gasteiger partial charge in [0.1, 0.15) is 6.61 Å². The van der Waals surface area contributed by atoms with E-state index in [1.54, 1.807) is 37.6 Å². The number of nitrogens with zero attached hydrogens (tertiary/aromatic N) is 1. The minimum atomic E-state index is -0.352. The second kappa shape index (κ2) is 12.0. The molecule has 3 aromatic rings. The largest absolute Gasteiger partial charge is 0.493 e. The molecule has 172 valence electrons. The van der Waals surface area contributed by atoms with Gasteiger partial charge in [0.25, 0.3) is 0 Å². The lowest BCUT2D eigenvalue weighted by atomic mass is 10.2. The van der Waals surface area contributed by atoms with Crippen LogP contribution in [0.3, 0.4) is 0 Å². The van der Waals surface area contributed by atoms with E-state index < -0.39 is 0 Å². The van der Waals surface area contributed by atoms with Crippen molar-refractivity contribution in [2.45, 2.75) is 20.0 Å². The summed E-state index contributed by atoms with van der Waals surface area (Å²) in [6.07, 6.45) is 3.13. The van der Waals surface area contributed by atoms with Gasteiger partial charge < -0.3 is 14.2 Å². The number of carbonyl (C=O) groups is 2. The van der Waals surface area contributed by atoms with Crippen molar-refractivity contribution in [1.82, 2.24) is 4.98 Å². The molecular weight excluding hydrogens is 464 g/mol. The van der Waals surface area contributed by atoms with Gasteiger partial charge in [-0.2, -0.15) is 0 Å². The monoisotopic (exact) mass is 486 g/mol. The fraction of sp³-hybridized carbons (Fsp3) is 0.208. The van der Waals surface area contributed by atoms with Crippen LogP contribution in [-0.4, -0.2) is 30.6 Å². The van der Waals surface area contributed by atoms with E-state index in [9.17, 15) is 9.59 Å². The summed E-state index contributed by atoms with van der Waals surface area (Å²) < 4.78 is 16.2. The SMILES string of the molecule is CCOC(=O)Cc1csc(NC(=O)/C=C/c2ccc(OCc3ccc(Cl)cc3)c(OC)c2)n1. The van der Waals surface area contributed by atoms with Crippen molar-refractivity contribution in [2.75, 3.05) is 19.0 Å². The fourth-order valence-electron chi connectivity index (χ4n) is 2.77. The van der Waals surface area contributed by atoms with Crippen LogP contribution in [0.1, 0.15) is 23.7 Å². The highest BCUT2D eigenvalue weighted by molar-refractivity contribution is 7.14. The second-order valence-electron chi connectivity index (χ2n) is 6.77. The molecule has 0 unspecified atom stereocenters. The van der Waals surface area contributed by atoms with Gasteiger partial charge >= 0.3 is 5.97 Å². The number of nitrogens with one attached hydrogen (secondary N) is 1. The van der Waals surface area contributed by atoms with Crippen LogP contribution in [0.5, 0.6) is 11.5 Å². The molecule has 3 rings (SSSR count). The van der Waals surface area contributed by atoms with Gasteiger partial charge in [-0.05, 0) is 48.4 Å².